The number of pyridine rings is 1. The van der Waals surface area contributed by atoms with Crippen LogP contribution in [0.1, 0.15) is 16.7 Å². The number of hydrogen-bond donors (Lipinski definition) is 0. The van der Waals surface area contributed by atoms with Crippen molar-refractivity contribution in [2.45, 2.75) is 13.8 Å². The van der Waals surface area contributed by atoms with E-state index in [1.807, 2.05) is 26.1 Å². The molecule has 0 aliphatic heterocycles. The average Bonchev–Trinajstić information content (AvgIpc) is 2.64. The van der Waals surface area contributed by atoms with Gasteiger partial charge in [-0.3, -0.25) is 0 Å². The van der Waals surface area contributed by atoms with E-state index >= 15 is 0 Å². The van der Waals surface area contributed by atoms with Gasteiger partial charge < -0.3 is 0 Å². The van der Waals surface area contributed by atoms with Crippen LogP contribution in [0, 0.1) is 25.2 Å². The lowest BCUT2D eigenvalue weighted by Gasteiger charge is -2.04. The average molecular weight is 198 g/mol. The fraction of sp³-hybridized carbons (Fsp3) is 0.182. The predicted octanol–water partition coefficient (Wildman–Crippen LogP) is 1.76. The van der Waals surface area contributed by atoms with Gasteiger partial charge in [-0.15, -0.1) is 0 Å². The summed E-state index contributed by atoms with van der Waals surface area (Å²) in [5, 5.41) is 13.2. The molecule has 0 fully saturated rings. The zero-order valence-electron chi connectivity index (χ0n) is 8.60. The van der Waals surface area contributed by atoms with Crippen LogP contribution >= 0.6 is 0 Å². The number of nitriles is 1. The quantitative estimate of drug-likeness (QED) is 0.701. The number of aryl methyl sites for hydroxylation is 2. The SMILES string of the molecule is Cc1cnn(-c2nccc(C)c2C#N)c1. The zero-order valence-corrected chi connectivity index (χ0v) is 8.60. The summed E-state index contributed by atoms with van der Waals surface area (Å²) < 4.78 is 1.63. The lowest BCUT2D eigenvalue weighted by atomic mass is 10.1. The van der Waals surface area contributed by atoms with E-state index in [0.29, 0.717) is 11.4 Å². The Morgan fingerprint density at radius 2 is 2.20 bits per heavy atom. The molecule has 0 saturated carbocycles. The highest BCUT2D eigenvalue weighted by atomic mass is 15.3. The summed E-state index contributed by atoms with van der Waals surface area (Å²) in [7, 11) is 0. The highest BCUT2D eigenvalue weighted by Gasteiger charge is 2.08. The molecule has 0 amide bonds. The fourth-order valence-electron chi connectivity index (χ4n) is 1.38. The second-order valence-electron chi connectivity index (χ2n) is 3.40. The van der Waals surface area contributed by atoms with Crippen molar-refractivity contribution in [1.29, 1.82) is 5.26 Å². The van der Waals surface area contributed by atoms with E-state index < -0.39 is 0 Å². The van der Waals surface area contributed by atoms with E-state index in [2.05, 4.69) is 16.2 Å². The molecule has 0 N–H and O–H groups in total. The van der Waals surface area contributed by atoms with Crippen LogP contribution in [0.5, 0.6) is 0 Å². The molecule has 4 nitrogen and oxygen atoms in total. The maximum atomic E-state index is 9.04. The third kappa shape index (κ3) is 1.59. The molecule has 74 valence electrons. The summed E-state index contributed by atoms with van der Waals surface area (Å²) >= 11 is 0. The van der Waals surface area contributed by atoms with Gasteiger partial charge in [0, 0.05) is 12.4 Å². The van der Waals surface area contributed by atoms with Crippen LogP contribution in [0.4, 0.5) is 0 Å². The number of aromatic nitrogens is 3. The summed E-state index contributed by atoms with van der Waals surface area (Å²) in [5.41, 5.74) is 2.53. The Morgan fingerprint density at radius 1 is 1.40 bits per heavy atom. The molecule has 0 atom stereocenters. The first-order valence-electron chi connectivity index (χ1n) is 4.59. The van der Waals surface area contributed by atoms with Crippen LogP contribution in [0.3, 0.4) is 0 Å². The first-order valence-corrected chi connectivity index (χ1v) is 4.59. The van der Waals surface area contributed by atoms with Gasteiger partial charge in [0.1, 0.15) is 6.07 Å². The smallest absolute Gasteiger partial charge is 0.171 e. The van der Waals surface area contributed by atoms with Gasteiger partial charge in [-0.2, -0.15) is 10.4 Å². The van der Waals surface area contributed by atoms with Crippen LogP contribution < -0.4 is 0 Å². The van der Waals surface area contributed by atoms with Crippen LogP contribution in [0.15, 0.2) is 24.7 Å². The summed E-state index contributed by atoms with van der Waals surface area (Å²) in [5.74, 6) is 0.589. The molecule has 0 aromatic carbocycles. The first-order chi connectivity index (χ1) is 7.22. The van der Waals surface area contributed by atoms with Crippen molar-refractivity contribution in [3.63, 3.8) is 0 Å². The molecule has 2 rings (SSSR count). The van der Waals surface area contributed by atoms with E-state index in [9.17, 15) is 0 Å². The molecule has 2 aromatic heterocycles. The van der Waals surface area contributed by atoms with Crippen LogP contribution in [0.2, 0.25) is 0 Å². The van der Waals surface area contributed by atoms with E-state index in [1.54, 1.807) is 17.1 Å². The van der Waals surface area contributed by atoms with Crippen molar-refractivity contribution < 1.29 is 0 Å². The third-order valence-corrected chi connectivity index (χ3v) is 2.18. The summed E-state index contributed by atoms with van der Waals surface area (Å²) in [6.07, 6.45) is 5.27. The van der Waals surface area contributed by atoms with E-state index in [4.69, 9.17) is 5.26 Å². The molecule has 0 aliphatic rings. The van der Waals surface area contributed by atoms with Crippen LogP contribution in [0.25, 0.3) is 5.82 Å². The normalized spacial score (nSPS) is 9.93. The van der Waals surface area contributed by atoms with Crippen molar-refractivity contribution in [3.8, 4) is 11.9 Å². The Labute approximate surface area is 87.8 Å². The number of hydrogen-bond acceptors (Lipinski definition) is 3. The molecule has 2 heterocycles. The number of rotatable bonds is 1. The summed E-state index contributed by atoms with van der Waals surface area (Å²) in [6, 6.07) is 3.97. The number of nitrogens with zero attached hydrogens (tertiary/aromatic N) is 4. The minimum atomic E-state index is 0.570. The Morgan fingerprint density at radius 3 is 2.80 bits per heavy atom. The van der Waals surface area contributed by atoms with Crippen molar-refractivity contribution in [2.75, 3.05) is 0 Å². The molecule has 2 aromatic rings. The minimum Gasteiger partial charge on any atom is -0.236 e. The molecular weight excluding hydrogens is 188 g/mol. The van der Waals surface area contributed by atoms with Gasteiger partial charge in [0.25, 0.3) is 0 Å². The lowest BCUT2D eigenvalue weighted by molar-refractivity contribution is 0.840. The van der Waals surface area contributed by atoms with Gasteiger partial charge in [-0.1, -0.05) is 0 Å². The van der Waals surface area contributed by atoms with Crippen LogP contribution in [-0.4, -0.2) is 14.8 Å². The zero-order chi connectivity index (χ0) is 10.8. The van der Waals surface area contributed by atoms with Gasteiger partial charge >= 0.3 is 0 Å². The monoisotopic (exact) mass is 198 g/mol. The highest BCUT2D eigenvalue weighted by molar-refractivity contribution is 5.47. The maximum absolute atomic E-state index is 9.04. The van der Waals surface area contributed by atoms with Crippen molar-refractivity contribution in [1.82, 2.24) is 14.8 Å². The Kier molecular flexibility index (Phi) is 2.22. The predicted molar refractivity (Wildman–Crippen MR) is 55.5 cm³/mol. The van der Waals surface area contributed by atoms with Crippen molar-refractivity contribution in [3.05, 3.63) is 41.3 Å². The maximum Gasteiger partial charge on any atom is 0.171 e. The minimum absolute atomic E-state index is 0.570. The van der Waals surface area contributed by atoms with Gasteiger partial charge in [0.15, 0.2) is 5.82 Å². The molecule has 4 heteroatoms. The van der Waals surface area contributed by atoms with Gasteiger partial charge in [0.2, 0.25) is 0 Å². The molecule has 0 saturated heterocycles. The fourth-order valence-corrected chi connectivity index (χ4v) is 1.38. The molecule has 15 heavy (non-hydrogen) atoms. The second kappa shape index (κ2) is 3.54. The second-order valence-corrected chi connectivity index (χ2v) is 3.40. The highest BCUT2D eigenvalue weighted by Crippen LogP contribution is 2.14. The Hall–Kier alpha value is -2.15. The van der Waals surface area contributed by atoms with Crippen LogP contribution in [-0.2, 0) is 0 Å². The summed E-state index contributed by atoms with van der Waals surface area (Å²) in [6.45, 7) is 3.84. The standard InChI is InChI=1S/C11H10N4/c1-8-6-14-15(7-8)11-10(5-12)9(2)3-4-13-11/h3-4,6-7H,1-2H3. The Bertz CT molecular complexity index is 534. The Balaban J connectivity index is 2.63. The van der Waals surface area contributed by atoms with Gasteiger partial charge in [0.05, 0.1) is 11.8 Å². The van der Waals surface area contributed by atoms with Gasteiger partial charge in [-0.05, 0) is 31.0 Å². The largest absolute Gasteiger partial charge is 0.236 e. The van der Waals surface area contributed by atoms with Gasteiger partial charge in [-0.25, -0.2) is 9.67 Å². The van der Waals surface area contributed by atoms with Crippen molar-refractivity contribution >= 4 is 0 Å². The molecule has 0 bridgehead atoms. The lowest BCUT2D eigenvalue weighted by Crippen LogP contribution is -2.02. The molecular formula is C11H10N4. The van der Waals surface area contributed by atoms with E-state index in [1.165, 1.54) is 0 Å². The molecule has 0 unspecified atom stereocenters. The van der Waals surface area contributed by atoms with Crippen molar-refractivity contribution in [2.24, 2.45) is 0 Å². The molecule has 0 spiro atoms. The van der Waals surface area contributed by atoms with E-state index in [0.717, 1.165) is 11.1 Å². The summed E-state index contributed by atoms with van der Waals surface area (Å²) in [4.78, 5) is 4.17. The molecule has 0 aliphatic carbocycles. The molecule has 0 radical (unpaired) electrons. The van der Waals surface area contributed by atoms with E-state index in [-0.39, 0.29) is 0 Å². The third-order valence-electron chi connectivity index (χ3n) is 2.18. The topological polar surface area (TPSA) is 54.5 Å². The first kappa shape index (κ1) is 9.41.